The Balaban J connectivity index is 2.43. The standard InChI is InChI=1S/C15H13F5N2O2S/c1-6-4-7(2)15(8(3)5-6)25(23,24)22-21-14-12(19)10(17)9(16)11(18)13(14)20/h4-5,21-22H,1-3H3. The Labute approximate surface area is 140 Å². The van der Waals surface area contributed by atoms with Crippen LogP contribution in [0.15, 0.2) is 17.0 Å². The number of benzene rings is 2. The normalized spacial score (nSPS) is 11.7. The van der Waals surface area contributed by atoms with Gasteiger partial charge >= 0.3 is 0 Å². The number of rotatable bonds is 4. The third-order valence-corrected chi connectivity index (χ3v) is 4.95. The van der Waals surface area contributed by atoms with Crippen molar-refractivity contribution in [2.45, 2.75) is 25.7 Å². The molecule has 0 saturated carbocycles. The van der Waals surface area contributed by atoms with E-state index in [1.807, 2.05) is 0 Å². The Morgan fingerprint density at radius 3 is 1.60 bits per heavy atom. The van der Waals surface area contributed by atoms with Crippen LogP contribution >= 0.6 is 0 Å². The highest BCUT2D eigenvalue weighted by atomic mass is 32.2. The minimum Gasteiger partial charge on any atom is -0.302 e. The van der Waals surface area contributed by atoms with Gasteiger partial charge in [-0.15, -0.1) is 4.83 Å². The smallest absolute Gasteiger partial charge is 0.257 e. The van der Waals surface area contributed by atoms with Crippen molar-refractivity contribution in [3.8, 4) is 0 Å². The zero-order chi connectivity index (χ0) is 19.1. The van der Waals surface area contributed by atoms with Gasteiger partial charge in [0.15, 0.2) is 23.3 Å². The molecule has 0 saturated heterocycles. The van der Waals surface area contributed by atoms with Gasteiger partial charge in [-0.3, -0.25) is 0 Å². The van der Waals surface area contributed by atoms with Gasteiger partial charge in [0.25, 0.3) is 10.0 Å². The van der Waals surface area contributed by atoms with Crippen LogP contribution in [-0.2, 0) is 10.0 Å². The Kier molecular flexibility index (Phi) is 5.05. The maximum Gasteiger partial charge on any atom is 0.257 e. The van der Waals surface area contributed by atoms with Crippen LogP contribution in [0.1, 0.15) is 16.7 Å². The molecule has 136 valence electrons. The third-order valence-electron chi connectivity index (χ3n) is 3.39. The summed E-state index contributed by atoms with van der Waals surface area (Å²) >= 11 is 0. The van der Waals surface area contributed by atoms with Gasteiger partial charge in [-0.05, 0) is 31.9 Å². The second-order valence-corrected chi connectivity index (χ2v) is 7.02. The number of hydrazine groups is 1. The molecule has 10 heteroatoms. The zero-order valence-electron chi connectivity index (χ0n) is 13.3. The van der Waals surface area contributed by atoms with Gasteiger partial charge in [-0.25, -0.2) is 30.4 Å². The third kappa shape index (κ3) is 3.45. The number of sulfonamides is 1. The first-order chi connectivity index (χ1) is 11.5. The second-order valence-electron chi connectivity index (χ2n) is 5.40. The van der Waals surface area contributed by atoms with Gasteiger partial charge in [-0.1, -0.05) is 17.7 Å². The summed E-state index contributed by atoms with van der Waals surface area (Å²) < 4.78 is 91.1. The van der Waals surface area contributed by atoms with E-state index in [1.165, 1.54) is 13.8 Å². The Bertz CT molecular complexity index is 909. The highest BCUT2D eigenvalue weighted by molar-refractivity contribution is 7.89. The molecule has 0 spiro atoms. The van der Waals surface area contributed by atoms with Crippen LogP contribution in [-0.4, -0.2) is 8.42 Å². The predicted octanol–water partition coefficient (Wildman–Crippen LogP) is 3.61. The molecule has 0 fully saturated rings. The lowest BCUT2D eigenvalue weighted by Gasteiger charge is -2.15. The molecule has 0 atom stereocenters. The van der Waals surface area contributed by atoms with Gasteiger partial charge < -0.3 is 5.43 Å². The van der Waals surface area contributed by atoms with Crippen molar-refractivity contribution < 1.29 is 30.4 Å². The molecule has 2 aromatic carbocycles. The number of halogens is 5. The van der Waals surface area contributed by atoms with Crippen LogP contribution in [0.2, 0.25) is 0 Å². The molecule has 4 nitrogen and oxygen atoms in total. The van der Waals surface area contributed by atoms with Crippen LogP contribution in [0.3, 0.4) is 0 Å². The van der Waals surface area contributed by atoms with Crippen LogP contribution in [0.5, 0.6) is 0 Å². The van der Waals surface area contributed by atoms with Crippen molar-refractivity contribution >= 4 is 15.7 Å². The van der Waals surface area contributed by atoms with Crippen molar-refractivity contribution in [2.24, 2.45) is 0 Å². The lowest BCUT2D eigenvalue weighted by atomic mass is 10.1. The van der Waals surface area contributed by atoms with Gasteiger partial charge in [0.1, 0.15) is 5.69 Å². The van der Waals surface area contributed by atoms with E-state index in [1.54, 1.807) is 29.3 Å². The molecule has 0 aliphatic heterocycles. The van der Waals surface area contributed by atoms with Crippen molar-refractivity contribution in [3.63, 3.8) is 0 Å². The van der Waals surface area contributed by atoms with Crippen LogP contribution < -0.4 is 10.3 Å². The van der Waals surface area contributed by atoms with Crippen LogP contribution in [0.25, 0.3) is 0 Å². The van der Waals surface area contributed by atoms with Crippen molar-refractivity contribution in [1.29, 1.82) is 0 Å². The van der Waals surface area contributed by atoms with E-state index in [0.29, 0.717) is 11.1 Å². The topological polar surface area (TPSA) is 58.2 Å². The minimum absolute atomic E-state index is 0.172. The number of hydrogen-bond donors (Lipinski definition) is 2. The maximum absolute atomic E-state index is 13.6. The molecule has 0 unspecified atom stereocenters. The molecule has 0 aliphatic carbocycles. The minimum atomic E-state index is -4.34. The van der Waals surface area contributed by atoms with E-state index in [0.717, 1.165) is 5.56 Å². The van der Waals surface area contributed by atoms with Crippen LogP contribution in [0, 0.1) is 49.9 Å². The second kappa shape index (κ2) is 6.60. The molecule has 0 radical (unpaired) electrons. The Hall–Kier alpha value is -2.20. The number of hydrogen-bond acceptors (Lipinski definition) is 3. The quantitative estimate of drug-likeness (QED) is 0.369. The first-order valence-corrected chi connectivity index (χ1v) is 8.32. The lowest BCUT2D eigenvalue weighted by Crippen LogP contribution is -2.32. The van der Waals surface area contributed by atoms with Gasteiger partial charge in [0.05, 0.1) is 4.90 Å². The van der Waals surface area contributed by atoms with E-state index in [9.17, 15) is 30.4 Å². The molecule has 0 heterocycles. The average molecular weight is 380 g/mol. The number of anilines is 1. The number of aryl methyl sites for hydroxylation is 3. The SMILES string of the molecule is Cc1cc(C)c(S(=O)(=O)NNc2c(F)c(F)c(F)c(F)c2F)c(C)c1. The summed E-state index contributed by atoms with van der Waals surface area (Å²) in [5, 5.41) is 0. The average Bonchev–Trinajstić information content (AvgIpc) is 2.49. The lowest BCUT2D eigenvalue weighted by molar-refractivity contribution is 0.381. The molecular weight excluding hydrogens is 367 g/mol. The van der Waals surface area contributed by atoms with Crippen molar-refractivity contribution in [1.82, 2.24) is 4.83 Å². The first-order valence-electron chi connectivity index (χ1n) is 6.84. The summed E-state index contributed by atoms with van der Waals surface area (Å²) in [6.07, 6.45) is 0. The molecule has 2 N–H and O–H groups in total. The summed E-state index contributed by atoms with van der Waals surface area (Å²) in [7, 11) is -4.34. The zero-order valence-corrected chi connectivity index (χ0v) is 14.1. The van der Waals surface area contributed by atoms with Gasteiger partial charge in [-0.2, -0.15) is 0 Å². The molecular formula is C15H13F5N2O2S. The fourth-order valence-electron chi connectivity index (χ4n) is 2.47. The van der Waals surface area contributed by atoms with Crippen LogP contribution in [0.4, 0.5) is 27.6 Å². The molecule has 0 aliphatic rings. The largest absolute Gasteiger partial charge is 0.302 e. The number of nitrogens with one attached hydrogen (secondary N) is 2. The first kappa shape index (κ1) is 19.1. The Morgan fingerprint density at radius 2 is 1.16 bits per heavy atom. The maximum atomic E-state index is 13.6. The summed E-state index contributed by atoms with van der Waals surface area (Å²) in [6, 6.07) is 3.14. The summed E-state index contributed by atoms with van der Waals surface area (Å²) in [6.45, 7) is 4.76. The van der Waals surface area contributed by atoms with Gasteiger partial charge in [0, 0.05) is 0 Å². The molecule has 2 aromatic rings. The van der Waals surface area contributed by atoms with E-state index < -0.39 is 44.8 Å². The highest BCUT2D eigenvalue weighted by Gasteiger charge is 2.27. The molecule has 25 heavy (non-hydrogen) atoms. The molecule has 0 bridgehead atoms. The highest BCUT2D eigenvalue weighted by Crippen LogP contribution is 2.27. The summed E-state index contributed by atoms with van der Waals surface area (Å²) in [5.41, 5.74) is 1.56. The summed E-state index contributed by atoms with van der Waals surface area (Å²) in [5.74, 6) is -11.1. The Morgan fingerprint density at radius 1 is 0.760 bits per heavy atom. The molecule has 0 aromatic heterocycles. The van der Waals surface area contributed by atoms with E-state index in [2.05, 4.69) is 0 Å². The molecule has 0 amide bonds. The monoisotopic (exact) mass is 380 g/mol. The fraction of sp³-hybridized carbons (Fsp3) is 0.200. The van der Waals surface area contributed by atoms with E-state index in [-0.39, 0.29) is 4.90 Å². The fourth-order valence-corrected chi connectivity index (χ4v) is 3.78. The van der Waals surface area contributed by atoms with E-state index in [4.69, 9.17) is 0 Å². The molecule has 2 rings (SSSR count). The van der Waals surface area contributed by atoms with Crippen molar-refractivity contribution in [2.75, 3.05) is 5.43 Å². The summed E-state index contributed by atoms with van der Waals surface area (Å²) in [4.78, 5) is 1.46. The predicted molar refractivity (Wildman–Crippen MR) is 80.8 cm³/mol. The van der Waals surface area contributed by atoms with Gasteiger partial charge in [0.2, 0.25) is 5.82 Å². The van der Waals surface area contributed by atoms with Crippen molar-refractivity contribution in [3.05, 3.63) is 57.9 Å². The van der Waals surface area contributed by atoms with E-state index >= 15 is 0 Å².